The molecule has 0 aromatic carbocycles. The molecule has 0 aliphatic carbocycles. The third-order valence-electron chi connectivity index (χ3n) is 2.98. The summed E-state index contributed by atoms with van der Waals surface area (Å²) in [5.74, 6) is 0. The van der Waals surface area contributed by atoms with Gasteiger partial charge in [0.15, 0.2) is 0 Å². The molecule has 0 radical (unpaired) electrons. The standard InChI is InChI=1S/C16H29NS/c1-8-17-12(11-15(2,3)4)13-9-10-14(18-13)16(5,6)7/h9-10,12,17H,8,11H2,1-7H3. The first-order valence-corrected chi connectivity index (χ1v) is 7.79. The molecule has 0 fully saturated rings. The minimum atomic E-state index is 0.265. The van der Waals surface area contributed by atoms with Crippen LogP contribution >= 0.6 is 11.3 Å². The van der Waals surface area contributed by atoms with Crippen molar-refractivity contribution in [2.24, 2.45) is 5.41 Å². The highest BCUT2D eigenvalue weighted by atomic mass is 32.1. The Hall–Kier alpha value is -0.340. The van der Waals surface area contributed by atoms with Gasteiger partial charge in [-0.2, -0.15) is 0 Å². The summed E-state index contributed by atoms with van der Waals surface area (Å²) in [4.78, 5) is 2.96. The van der Waals surface area contributed by atoms with E-state index in [1.807, 2.05) is 11.3 Å². The Morgan fingerprint density at radius 2 is 1.72 bits per heavy atom. The van der Waals surface area contributed by atoms with Crippen LogP contribution in [-0.4, -0.2) is 6.54 Å². The van der Waals surface area contributed by atoms with Crippen molar-refractivity contribution in [3.8, 4) is 0 Å². The molecule has 0 aliphatic rings. The minimum absolute atomic E-state index is 0.265. The average molecular weight is 267 g/mol. The molecule has 104 valence electrons. The Morgan fingerprint density at radius 3 is 2.11 bits per heavy atom. The molecule has 0 saturated carbocycles. The number of hydrogen-bond acceptors (Lipinski definition) is 2. The van der Waals surface area contributed by atoms with E-state index in [0.29, 0.717) is 11.5 Å². The monoisotopic (exact) mass is 267 g/mol. The fraction of sp³-hybridized carbons (Fsp3) is 0.750. The number of nitrogens with one attached hydrogen (secondary N) is 1. The molecule has 2 heteroatoms. The van der Waals surface area contributed by atoms with Crippen molar-refractivity contribution < 1.29 is 0 Å². The maximum Gasteiger partial charge on any atom is 0.0419 e. The van der Waals surface area contributed by atoms with Crippen molar-refractivity contribution in [1.29, 1.82) is 0 Å². The van der Waals surface area contributed by atoms with Crippen molar-refractivity contribution in [2.75, 3.05) is 6.54 Å². The quantitative estimate of drug-likeness (QED) is 0.797. The van der Waals surface area contributed by atoms with E-state index >= 15 is 0 Å². The lowest BCUT2D eigenvalue weighted by atomic mass is 9.87. The van der Waals surface area contributed by atoms with Gasteiger partial charge in [0.1, 0.15) is 0 Å². The molecule has 1 aromatic rings. The summed E-state index contributed by atoms with van der Waals surface area (Å²) >= 11 is 1.97. The lowest BCUT2D eigenvalue weighted by molar-refractivity contribution is 0.316. The summed E-state index contributed by atoms with van der Waals surface area (Å²) in [5, 5.41) is 3.63. The van der Waals surface area contributed by atoms with E-state index in [1.54, 1.807) is 0 Å². The van der Waals surface area contributed by atoms with Crippen LogP contribution in [0.15, 0.2) is 12.1 Å². The summed E-state index contributed by atoms with van der Waals surface area (Å²) < 4.78 is 0. The van der Waals surface area contributed by atoms with Gasteiger partial charge in [-0.3, -0.25) is 0 Å². The highest BCUT2D eigenvalue weighted by Crippen LogP contribution is 2.36. The summed E-state index contributed by atoms with van der Waals surface area (Å²) in [6.07, 6.45) is 1.19. The molecule has 1 nitrogen and oxygen atoms in total. The summed E-state index contributed by atoms with van der Waals surface area (Å²) in [7, 11) is 0. The van der Waals surface area contributed by atoms with Gasteiger partial charge >= 0.3 is 0 Å². The Morgan fingerprint density at radius 1 is 1.11 bits per heavy atom. The van der Waals surface area contributed by atoms with Crippen LogP contribution in [0.1, 0.15) is 70.7 Å². The Labute approximate surface area is 117 Å². The van der Waals surface area contributed by atoms with E-state index in [1.165, 1.54) is 16.2 Å². The van der Waals surface area contributed by atoms with Crippen LogP contribution in [0, 0.1) is 5.41 Å². The van der Waals surface area contributed by atoms with E-state index < -0.39 is 0 Å². The summed E-state index contributed by atoms with van der Waals surface area (Å²) in [5.41, 5.74) is 0.625. The van der Waals surface area contributed by atoms with Crippen LogP contribution in [0.3, 0.4) is 0 Å². The first-order chi connectivity index (χ1) is 8.13. The maximum atomic E-state index is 3.63. The molecule has 0 spiro atoms. The topological polar surface area (TPSA) is 12.0 Å². The highest BCUT2D eigenvalue weighted by molar-refractivity contribution is 7.12. The molecule has 0 amide bonds. The van der Waals surface area contributed by atoms with Crippen molar-refractivity contribution >= 4 is 11.3 Å². The Balaban J connectivity index is 2.89. The molecule has 1 rings (SSSR count). The van der Waals surface area contributed by atoms with Crippen LogP contribution in [-0.2, 0) is 5.41 Å². The van der Waals surface area contributed by atoms with Crippen LogP contribution in [0.25, 0.3) is 0 Å². The van der Waals surface area contributed by atoms with Crippen molar-refractivity contribution in [3.63, 3.8) is 0 Å². The second-order valence-electron chi connectivity index (χ2n) is 7.33. The zero-order valence-electron chi connectivity index (χ0n) is 13.1. The fourth-order valence-electron chi connectivity index (χ4n) is 2.08. The summed E-state index contributed by atoms with van der Waals surface area (Å²) in [6, 6.07) is 5.10. The molecular formula is C16H29NS. The summed E-state index contributed by atoms with van der Waals surface area (Å²) in [6.45, 7) is 17.0. The van der Waals surface area contributed by atoms with Crippen LogP contribution in [0.5, 0.6) is 0 Å². The van der Waals surface area contributed by atoms with E-state index in [9.17, 15) is 0 Å². The average Bonchev–Trinajstić information content (AvgIpc) is 2.62. The Kier molecular flexibility index (Phi) is 5.02. The SMILES string of the molecule is CCNC(CC(C)(C)C)c1ccc(C(C)(C)C)s1. The second kappa shape index (κ2) is 5.75. The molecule has 1 N–H and O–H groups in total. The van der Waals surface area contributed by atoms with Crippen LogP contribution in [0.2, 0.25) is 0 Å². The third-order valence-corrected chi connectivity index (χ3v) is 4.60. The van der Waals surface area contributed by atoms with Crippen LogP contribution < -0.4 is 5.32 Å². The molecule has 1 atom stereocenters. The third kappa shape index (κ3) is 4.74. The van der Waals surface area contributed by atoms with E-state index in [-0.39, 0.29) is 5.41 Å². The van der Waals surface area contributed by atoms with Gasteiger partial charge in [-0.15, -0.1) is 11.3 Å². The van der Waals surface area contributed by atoms with E-state index in [2.05, 4.69) is 65.9 Å². The van der Waals surface area contributed by atoms with E-state index in [0.717, 1.165) is 6.54 Å². The first-order valence-electron chi connectivity index (χ1n) is 6.97. The molecular weight excluding hydrogens is 238 g/mol. The van der Waals surface area contributed by atoms with Crippen molar-refractivity contribution in [3.05, 3.63) is 21.9 Å². The van der Waals surface area contributed by atoms with Gasteiger partial charge in [-0.1, -0.05) is 48.5 Å². The lowest BCUT2D eigenvalue weighted by Crippen LogP contribution is -2.24. The maximum absolute atomic E-state index is 3.63. The number of thiophene rings is 1. The minimum Gasteiger partial charge on any atom is -0.310 e. The van der Waals surface area contributed by atoms with Gasteiger partial charge in [0.05, 0.1) is 0 Å². The zero-order chi connectivity index (χ0) is 14.0. The first kappa shape index (κ1) is 15.7. The number of rotatable bonds is 4. The largest absolute Gasteiger partial charge is 0.310 e. The van der Waals surface area contributed by atoms with Gasteiger partial charge in [-0.25, -0.2) is 0 Å². The highest BCUT2D eigenvalue weighted by Gasteiger charge is 2.23. The molecule has 1 aromatic heterocycles. The van der Waals surface area contributed by atoms with Crippen LogP contribution in [0.4, 0.5) is 0 Å². The molecule has 0 aliphatic heterocycles. The van der Waals surface area contributed by atoms with Gasteiger partial charge in [0, 0.05) is 15.8 Å². The molecule has 18 heavy (non-hydrogen) atoms. The second-order valence-corrected chi connectivity index (χ2v) is 8.44. The normalized spacial score (nSPS) is 14.8. The molecule has 0 saturated heterocycles. The van der Waals surface area contributed by atoms with Crippen molar-refractivity contribution in [2.45, 2.75) is 66.3 Å². The van der Waals surface area contributed by atoms with E-state index in [4.69, 9.17) is 0 Å². The van der Waals surface area contributed by atoms with Gasteiger partial charge < -0.3 is 5.32 Å². The van der Waals surface area contributed by atoms with Gasteiger partial charge in [0.25, 0.3) is 0 Å². The van der Waals surface area contributed by atoms with Gasteiger partial charge in [-0.05, 0) is 35.9 Å². The smallest absolute Gasteiger partial charge is 0.0419 e. The lowest BCUT2D eigenvalue weighted by Gasteiger charge is -2.26. The van der Waals surface area contributed by atoms with Crippen molar-refractivity contribution in [1.82, 2.24) is 5.32 Å². The molecule has 1 heterocycles. The van der Waals surface area contributed by atoms with Gasteiger partial charge in [0.2, 0.25) is 0 Å². The fourth-order valence-corrected chi connectivity index (χ4v) is 3.22. The molecule has 1 unspecified atom stereocenters. The Bertz CT molecular complexity index is 365. The predicted octanol–water partition coefficient (Wildman–Crippen LogP) is 5.13. The molecule has 0 bridgehead atoms. The number of hydrogen-bond donors (Lipinski definition) is 1. The predicted molar refractivity (Wildman–Crippen MR) is 83.5 cm³/mol. The zero-order valence-corrected chi connectivity index (χ0v) is 13.9.